The second-order valence-electron chi connectivity index (χ2n) is 6.86. The maximum Gasteiger partial charge on any atom is 0.291 e. The molecule has 0 spiro atoms. The first-order chi connectivity index (χ1) is 14.3. The van der Waals surface area contributed by atoms with Crippen molar-refractivity contribution in [2.45, 2.75) is 32.6 Å². The zero-order valence-corrected chi connectivity index (χ0v) is 17.2. The third-order valence-corrected chi connectivity index (χ3v) is 5.63. The Hall–Kier alpha value is -2.99. The van der Waals surface area contributed by atoms with Gasteiger partial charge < -0.3 is 4.74 Å². The quantitative estimate of drug-likeness (QED) is 0.410. The minimum atomic E-state index is -0.155. The first kappa shape index (κ1) is 19.3. The summed E-state index contributed by atoms with van der Waals surface area (Å²) in [6.07, 6.45) is 6.51. The molecule has 0 saturated heterocycles. The molecule has 0 aliphatic rings. The molecule has 4 aromatic rings. The van der Waals surface area contributed by atoms with Crippen molar-refractivity contribution in [3.05, 3.63) is 75.0 Å². The molecule has 0 atom stereocenters. The van der Waals surface area contributed by atoms with E-state index in [0.717, 1.165) is 23.3 Å². The molecule has 4 rings (SSSR count). The molecule has 0 fully saturated rings. The molecule has 2 aromatic carbocycles. The molecule has 0 bridgehead atoms. The number of hydrogen-bond acceptors (Lipinski definition) is 5. The lowest BCUT2D eigenvalue weighted by molar-refractivity contribution is 0.304. The largest absolute Gasteiger partial charge is 0.493 e. The van der Waals surface area contributed by atoms with Crippen LogP contribution in [0.5, 0.6) is 5.75 Å². The monoisotopic (exact) mass is 405 g/mol. The van der Waals surface area contributed by atoms with E-state index in [1.54, 1.807) is 0 Å². The van der Waals surface area contributed by atoms with E-state index in [-0.39, 0.29) is 5.56 Å². The van der Waals surface area contributed by atoms with Crippen molar-refractivity contribution in [1.82, 2.24) is 14.6 Å². The van der Waals surface area contributed by atoms with Crippen molar-refractivity contribution in [1.29, 1.82) is 0 Å². The first-order valence-electron chi connectivity index (χ1n) is 9.95. The summed E-state index contributed by atoms with van der Waals surface area (Å²) in [5.41, 5.74) is 1.64. The van der Waals surface area contributed by atoms with Gasteiger partial charge >= 0.3 is 0 Å². The van der Waals surface area contributed by atoms with Crippen molar-refractivity contribution in [2.75, 3.05) is 6.61 Å². The Morgan fingerprint density at radius 3 is 2.62 bits per heavy atom. The van der Waals surface area contributed by atoms with E-state index in [4.69, 9.17) is 4.74 Å². The summed E-state index contributed by atoms with van der Waals surface area (Å²) >= 11 is 1.34. The number of nitrogens with zero attached hydrogens (tertiary/aromatic N) is 3. The van der Waals surface area contributed by atoms with Gasteiger partial charge in [-0.3, -0.25) is 4.79 Å². The number of thiazole rings is 1. The van der Waals surface area contributed by atoms with Gasteiger partial charge in [-0.1, -0.05) is 86.1 Å². The van der Waals surface area contributed by atoms with Crippen LogP contribution in [0.4, 0.5) is 0 Å². The van der Waals surface area contributed by atoms with Gasteiger partial charge in [0.25, 0.3) is 5.56 Å². The van der Waals surface area contributed by atoms with Crippen LogP contribution >= 0.6 is 11.3 Å². The first-order valence-corrected chi connectivity index (χ1v) is 10.8. The minimum absolute atomic E-state index is 0.155. The molecule has 0 saturated carbocycles. The van der Waals surface area contributed by atoms with Crippen LogP contribution in [0.25, 0.3) is 22.4 Å². The predicted octanol–water partition coefficient (Wildman–Crippen LogP) is 4.32. The standard InChI is InChI=1S/C23H23N3O2S/c1-2-3-4-10-15-28-19-14-9-8-13-18(19)16-20-22(27)26-23(29-20)24-21(25-26)17-11-6-5-7-12-17/h5-9,11-14,16H,2-4,10,15H2,1H3. The Bertz CT molecular complexity index is 1200. The summed E-state index contributed by atoms with van der Waals surface area (Å²) in [6.45, 7) is 2.88. The Labute approximate surface area is 173 Å². The average Bonchev–Trinajstić information content (AvgIpc) is 3.29. The zero-order chi connectivity index (χ0) is 20.1. The van der Waals surface area contributed by atoms with Gasteiger partial charge in [0.1, 0.15) is 5.75 Å². The van der Waals surface area contributed by atoms with Crippen molar-refractivity contribution in [2.24, 2.45) is 0 Å². The minimum Gasteiger partial charge on any atom is -0.493 e. The number of fused-ring (bicyclic) bond motifs is 1. The highest BCUT2D eigenvalue weighted by Crippen LogP contribution is 2.20. The van der Waals surface area contributed by atoms with Crippen molar-refractivity contribution < 1.29 is 4.74 Å². The lowest BCUT2D eigenvalue weighted by Gasteiger charge is -2.08. The van der Waals surface area contributed by atoms with Crippen LogP contribution in [-0.4, -0.2) is 21.2 Å². The number of ether oxygens (including phenoxy) is 1. The lowest BCUT2D eigenvalue weighted by atomic mass is 10.2. The lowest BCUT2D eigenvalue weighted by Crippen LogP contribution is -2.23. The molecule has 0 unspecified atom stereocenters. The molecule has 0 amide bonds. The van der Waals surface area contributed by atoms with Crippen LogP contribution in [0.15, 0.2) is 59.4 Å². The number of aromatic nitrogens is 3. The van der Waals surface area contributed by atoms with Crippen LogP contribution in [-0.2, 0) is 0 Å². The molecule has 148 valence electrons. The molecule has 0 N–H and O–H groups in total. The second-order valence-corrected chi connectivity index (χ2v) is 7.87. The van der Waals surface area contributed by atoms with E-state index in [0.29, 0.717) is 21.9 Å². The summed E-state index contributed by atoms with van der Waals surface area (Å²) in [5, 5.41) is 4.40. The molecule has 5 nitrogen and oxygen atoms in total. The van der Waals surface area contributed by atoms with E-state index < -0.39 is 0 Å². The Kier molecular flexibility index (Phi) is 6.00. The van der Waals surface area contributed by atoms with Crippen molar-refractivity contribution in [3.63, 3.8) is 0 Å². The molecule has 0 radical (unpaired) electrons. The van der Waals surface area contributed by atoms with Crippen molar-refractivity contribution >= 4 is 22.4 Å². The van der Waals surface area contributed by atoms with Gasteiger partial charge in [-0.05, 0) is 18.6 Å². The maximum atomic E-state index is 12.8. The number of para-hydroxylation sites is 1. The smallest absolute Gasteiger partial charge is 0.291 e. The molecule has 29 heavy (non-hydrogen) atoms. The summed E-state index contributed by atoms with van der Waals surface area (Å²) in [7, 11) is 0. The predicted molar refractivity (Wildman–Crippen MR) is 117 cm³/mol. The van der Waals surface area contributed by atoms with Crippen LogP contribution in [0.2, 0.25) is 0 Å². The van der Waals surface area contributed by atoms with Gasteiger partial charge in [-0.25, -0.2) is 0 Å². The number of unbranched alkanes of at least 4 members (excludes halogenated alkanes) is 3. The SMILES string of the molecule is CCCCCCOc1ccccc1C=c1sc2nc(-c3ccccc3)nn2c1=O. The topological polar surface area (TPSA) is 56.5 Å². The maximum absolute atomic E-state index is 12.8. The number of hydrogen-bond donors (Lipinski definition) is 0. The molecule has 6 heteroatoms. The molecule has 0 aliphatic heterocycles. The van der Waals surface area contributed by atoms with Crippen molar-refractivity contribution in [3.8, 4) is 17.1 Å². The van der Waals surface area contributed by atoms with E-state index in [1.807, 2.05) is 60.7 Å². The fourth-order valence-electron chi connectivity index (χ4n) is 3.13. The molecule has 0 aliphatic carbocycles. The summed E-state index contributed by atoms with van der Waals surface area (Å²) in [5.74, 6) is 1.36. The molecule has 2 aromatic heterocycles. The molecular formula is C23H23N3O2S. The van der Waals surface area contributed by atoms with Gasteiger partial charge in [0.05, 0.1) is 11.1 Å². The normalized spacial score (nSPS) is 12.0. The Morgan fingerprint density at radius 1 is 1.03 bits per heavy atom. The average molecular weight is 406 g/mol. The zero-order valence-electron chi connectivity index (χ0n) is 16.4. The summed E-state index contributed by atoms with van der Waals surface area (Å²) in [4.78, 5) is 17.9. The van der Waals surface area contributed by atoms with E-state index in [2.05, 4.69) is 17.0 Å². The molecule has 2 heterocycles. The fourth-order valence-corrected chi connectivity index (χ4v) is 4.03. The Morgan fingerprint density at radius 2 is 1.83 bits per heavy atom. The van der Waals surface area contributed by atoms with E-state index in [1.165, 1.54) is 35.1 Å². The van der Waals surface area contributed by atoms with Crippen LogP contribution < -0.4 is 14.8 Å². The van der Waals surface area contributed by atoms with E-state index in [9.17, 15) is 4.79 Å². The van der Waals surface area contributed by atoms with Gasteiger partial charge in [0.15, 0.2) is 5.82 Å². The highest BCUT2D eigenvalue weighted by atomic mass is 32.1. The highest BCUT2D eigenvalue weighted by Gasteiger charge is 2.12. The van der Waals surface area contributed by atoms with Crippen LogP contribution in [0.3, 0.4) is 0 Å². The number of benzene rings is 2. The van der Waals surface area contributed by atoms with Gasteiger partial charge in [0.2, 0.25) is 4.96 Å². The fraction of sp³-hybridized carbons (Fsp3) is 0.261. The van der Waals surface area contributed by atoms with Crippen LogP contribution in [0, 0.1) is 0 Å². The van der Waals surface area contributed by atoms with E-state index >= 15 is 0 Å². The molecular weight excluding hydrogens is 382 g/mol. The summed E-state index contributed by atoms with van der Waals surface area (Å²) in [6, 6.07) is 17.5. The van der Waals surface area contributed by atoms with Crippen LogP contribution in [0.1, 0.15) is 38.2 Å². The highest BCUT2D eigenvalue weighted by molar-refractivity contribution is 7.15. The summed E-state index contributed by atoms with van der Waals surface area (Å²) < 4.78 is 7.94. The third-order valence-electron chi connectivity index (χ3n) is 4.67. The third kappa shape index (κ3) is 4.38. The Balaban J connectivity index is 1.61. The van der Waals surface area contributed by atoms with Gasteiger partial charge in [-0.2, -0.15) is 9.50 Å². The second kappa shape index (κ2) is 9.01. The van der Waals surface area contributed by atoms with Gasteiger partial charge in [-0.15, -0.1) is 5.10 Å². The van der Waals surface area contributed by atoms with Gasteiger partial charge in [0, 0.05) is 11.1 Å². The number of rotatable bonds is 8.